The van der Waals surface area contributed by atoms with Crippen molar-refractivity contribution in [1.29, 1.82) is 0 Å². The Morgan fingerprint density at radius 1 is 1.23 bits per heavy atom. The molecule has 0 aromatic rings. The molecule has 0 spiro atoms. The van der Waals surface area contributed by atoms with Crippen LogP contribution in [0.5, 0.6) is 0 Å². The van der Waals surface area contributed by atoms with Gasteiger partial charge in [0.25, 0.3) is 5.91 Å². The van der Waals surface area contributed by atoms with E-state index in [9.17, 15) is 45.1 Å². The van der Waals surface area contributed by atoms with E-state index in [-0.39, 0.29) is 16.9 Å². The van der Waals surface area contributed by atoms with Gasteiger partial charge in [0.15, 0.2) is 17.2 Å². The highest BCUT2D eigenvalue weighted by molar-refractivity contribution is 6.25. The van der Waals surface area contributed by atoms with E-state index in [2.05, 4.69) is 4.79 Å². The summed E-state index contributed by atoms with van der Waals surface area (Å²) in [5.74, 6) is -10.1. The summed E-state index contributed by atoms with van der Waals surface area (Å²) in [7, 11) is 0. The van der Waals surface area contributed by atoms with Crippen LogP contribution in [-0.4, -0.2) is 65.9 Å². The van der Waals surface area contributed by atoms with Crippen LogP contribution >= 0.6 is 0 Å². The number of amides is 1. The molecular weight excluding hydrogens is 410 g/mol. The molecule has 4 aliphatic carbocycles. The van der Waals surface area contributed by atoms with Crippen molar-refractivity contribution in [2.24, 2.45) is 23.5 Å². The van der Waals surface area contributed by atoms with Crippen LogP contribution in [0, 0.1) is 17.8 Å². The number of ketones is 3. The minimum Gasteiger partial charge on any atom is -0.508 e. The van der Waals surface area contributed by atoms with E-state index < -0.39 is 81.8 Å². The first-order valence-electron chi connectivity index (χ1n) is 9.32. The van der Waals surface area contributed by atoms with Crippen LogP contribution in [0.3, 0.4) is 0 Å². The summed E-state index contributed by atoms with van der Waals surface area (Å²) in [6.45, 7) is 1.51. The molecular formula is C20H17N3O8. The average Bonchev–Trinajstić information content (AvgIpc) is 2.70. The van der Waals surface area contributed by atoms with E-state index in [0.717, 1.165) is 6.08 Å². The van der Waals surface area contributed by atoms with Gasteiger partial charge in [0.1, 0.15) is 17.1 Å². The van der Waals surface area contributed by atoms with E-state index >= 15 is 0 Å². The fourth-order valence-electron chi connectivity index (χ4n) is 5.13. The highest BCUT2D eigenvalue weighted by Gasteiger charge is 2.65. The molecule has 6 N–H and O–H groups in total. The zero-order chi connectivity index (χ0) is 23.0. The zero-order valence-corrected chi connectivity index (χ0v) is 16.1. The third-order valence-electron chi connectivity index (χ3n) is 6.55. The molecule has 4 aliphatic rings. The fraction of sp³-hybridized carbons (Fsp3) is 0.350. The first-order valence-corrected chi connectivity index (χ1v) is 9.32. The van der Waals surface area contributed by atoms with Gasteiger partial charge >= 0.3 is 5.71 Å². The predicted octanol–water partition coefficient (Wildman–Crippen LogP) is -1.27. The highest BCUT2D eigenvalue weighted by atomic mass is 16.4. The third kappa shape index (κ3) is 2.36. The molecule has 1 amide bonds. The Hall–Kier alpha value is -3.66. The van der Waals surface area contributed by atoms with Crippen LogP contribution in [0.4, 0.5) is 0 Å². The molecule has 0 aromatic heterocycles. The fourth-order valence-corrected chi connectivity index (χ4v) is 5.13. The average molecular weight is 427 g/mol. The summed E-state index contributed by atoms with van der Waals surface area (Å²) in [5.41, 5.74) is 9.68. The van der Waals surface area contributed by atoms with Gasteiger partial charge in [0.05, 0.1) is 17.3 Å². The third-order valence-corrected chi connectivity index (χ3v) is 6.55. The topological polar surface area (TPSA) is 212 Å². The van der Waals surface area contributed by atoms with Crippen LogP contribution in [0.25, 0.3) is 5.53 Å². The SMILES string of the molecule is C[C@H]1C2=C(C(=O)C=CC2=[N+]=[N-])C(O)=C2C(=O)[C@]3(O)C(O)=C(C(N)=O)C(=O)C[C@@H]3[C@@H](O)[C@@H]21. The Kier molecular flexibility index (Phi) is 4.27. The van der Waals surface area contributed by atoms with E-state index in [0.29, 0.717) is 0 Å². The Balaban J connectivity index is 2.02. The van der Waals surface area contributed by atoms with Crippen molar-refractivity contribution in [2.45, 2.75) is 25.0 Å². The number of allylic oxidation sites excluding steroid dienone is 4. The van der Waals surface area contributed by atoms with E-state index in [1.165, 1.54) is 13.0 Å². The van der Waals surface area contributed by atoms with Crippen molar-refractivity contribution in [2.75, 3.05) is 0 Å². The van der Waals surface area contributed by atoms with Crippen molar-refractivity contribution in [3.05, 3.63) is 51.5 Å². The smallest absolute Gasteiger partial charge is 0.319 e. The maximum absolute atomic E-state index is 13.4. The Morgan fingerprint density at radius 2 is 1.87 bits per heavy atom. The maximum atomic E-state index is 13.4. The summed E-state index contributed by atoms with van der Waals surface area (Å²) < 4.78 is 0. The number of rotatable bonds is 1. The number of hydrogen-bond acceptors (Lipinski definition) is 8. The lowest BCUT2D eigenvalue weighted by molar-refractivity contribution is -0.161. The second-order valence-electron chi connectivity index (χ2n) is 7.96. The summed E-state index contributed by atoms with van der Waals surface area (Å²) in [6.07, 6.45) is -0.109. The van der Waals surface area contributed by atoms with Crippen molar-refractivity contribution in [3.8, 4) is 0 Å². The summed E-state index contributed by atoms with van der Waals surface area (Å²) in [5, 5.41) is 43.5. The number of nitrogens with zero attached hydrogens (tertiary/aromatic N) is 2. The Morgan fingerprint density at radius 3 is 2.45 bits per heavy atom. The lowest BCUT2D eigenvalue weighted by Crippen LogP contribution is -2.64. The molecule has 1 saturated carbocycles. The molecule has 11 heteroatoms. The van der Waals surface area contributed by atoms with Crippen molar-refractivity contribution < 1.29 is 44.4 Å². The van der Waals surface area contributed by atoms with Gasteiger partial charge in [-0.2, -0.15) is 4.79 Å². The van der Waals surface area contributed by atoms with Crippen LogP contribution in [0.2, 0.25) is 0 Å². The monoisotopic (exact) mass is 427 g/mol. The molecule has 4 rings (SSSR count). The van der Waals surface area contributed by atoms with Gasteiger partial charge in [-0.25, -0.2) is 0 Å². The normalized spacial score (nSPS) is 35.1. The predicted molar refractivity (Wildman–Crippen MR) is 100 cm³/mol. The Bertz CT molecular complexity index is 1180. The van der Waals surface area contributed by atoms with Gasteiger partial charge in [-0.15, -0.1) is 0 Å². The number of fused-ring (bicyclic) bond motifs is 2. The molecule has 0 aromatic carbocycles. The summed E-state index contributed by atoms with van der Waals surface area (Å²) in [6, 6.07) is 0. The van der Waals surface area contributed by atoms with Crippen LogP contribution in [-0.2, 0) is 19.2 Å². The minimum absolute atomic E-state index is 0.0633. The Labute approximate surface area is 174 Å². The molecule has 0 heterocycles. The van der Waals surface area contributed by atoms with Gasteiger partial charge in [-0.1, -0.05) is 6.92 Å². The molecule has 31 heavy (non-hydrogen) atoms. The minimum atomic E-state index is -2.91. The maximum Gasteiger partial charge on any atom is 0.319 e. The second-order valence-corrected chi connectivity index (χ2v) is 7.96. The van der Waals surface area contributed by atoms with E-state index in [1.807, 2.05) is 0 Å². The lowest BCUT2D eigenvalue weighted by atomic mass is 9.55. The summed E-state index contributed by atoms with van der Waals surface area (Å²) >= 11 is 0. The van der Waals surface area contributed by atoms with Gasteiger partial charge in [-0.3, -0.25) is 19.2 Å². The largest absolute Gasteiger partial charge is 0.508 e. The van der Waals surface area contributed by atoms with Gasteiger partial charge < -0.3 is 31.7 Å². The highest BCUT2D eigenvalue weighted by Crippen LogP contribution is 2.53. The van der Waals surface area contributed by atoms with E-state index in [4.69, 9.17) is 5.73 Å². The van der Waals surface area contributed by atoms with Crippen LogP contribution in [0.15, 0.2) is 46.0 Å². The number of carbonyl (C=O) groups excluding carboxylic acids is 4. The standard InChI is InChI=1S/C20H17N3O8/c1-5-10-7(23-22)2-3-8(24)12(10)16(27)14-11(5)15(26)6-4-9(25)13(19(21)30)17(28)20(6,31)18(14)29/h2-3,5-6,11,15,26-28,31H,4H2,1H3,(H2,21,30)/t5-,6+,11+,15+,20+/m0/s1. The molecule has 0 aliphatic heterocycles. The lowest BCUT2D eigenvalue weighted by Gasteiger charge is -2.50. The number of carbonyl (C=O) groups is 4. The molecule has 0 radical (unpaired) electrons. The molecule has 11 nitrogen and oxygen atoms in total. The molecule has 1 fully saturated rings. The number of primary amides is 1. The number of aliphatic hydroxyl groups is 4. The first kappa shape index (κ1) is 20.6. The molecule has 0 bridgehead atoms. The van der Waals surface area contributed by atoms with Crippen LogP contribution < -0.4 is 5.73 Å². The van der Waals surface area contributed by atoms with Crippen molar-refractivity contribution in [1.82, 2.24) is 0 Å². The zero-order valence-electron chi connectivity index (χ0n) is 16.1. The molecule has 160 valence electrons. The van der Waals surface area contributed by atoms with Gasteiger partial charge in [0.2, 0.25) is 5.78 Å². The van der Waals surface area contributed by atoms with Gasteiger partial charge in [0, 0.05) is 29.9 Å². The number of aliphatic hydroxyl groups excluding tert-OH is 3. The molecule has 0 saturated heterocycles. The quantitative estimate of drug-likeness (QED) is 0.147. The molecule has 5 atom stereocenters. The summed E-state index contributed by atoms with van der Waals surface area (Å²) in [4.78, 5) is 52.9. The number of nitrogens with two attached hydrogens (primary N) is 1. The first-order chi connectivity index (χ1) is 14.5. The van der Waals surface area contributed by atoms with Crippen LogP contribution in [0.1, 0.15) is 13.3 Å². The second kappa shape index (κ2) is 6.42. The van der Waals surface area contributed by atoms with Crippen molar-refractivity contribution >= 4 is 29.0 Å². The van der Waals surface area contributed by atoms with Gasteiger partial charge in [-0.05, 0) is 12.0 Å². The van der Waals surface area contributed by atoms with Crippen molar-refractivity contribution in [3.63, 3.8) is 0 Å². The number of hydrogen-bond donors (Lipinski definition) is 5. The molecule has 0 unspecified atom stereocenters. The number of Topliss-reactive ketones (excluding diaryl/α,β-unsaturated/α-hetero) is 2. The van der Waals surface area contributed by atoms with E-state index in [1.54, 1.807) is 0 Å².